The zero-order valence-corrected chi connectivity index (χ0v) is 15.6. The first-order valence-corrected chi connectivity index (χ1v) is 8.61. The van der Waals surface area contributed by atoms with Gasteiger partial charge in [-0.05, 0) is 31.5 Å². The molecule has 0 fully saturated rings. The Balaban J connectivity index is 1.85. The summed E-state index contributed by atoms with van der Waals surface area (Å²) < 4.78 is 32.0. The van der Waals surface area contributed by atoms with Gasteiger partial charge in [-0.1, -0.05) is 6.07 Å². The second-order valence-electron chi connectivity index (χ2n) is 6.44. The second kappa shape index (κ2) is 7.75. The van der Waals surface area contributed by atoms with E-state index in [2.05, 4.69) is 15.3 Å². The minimum atomic E-state index is -0.746. The molecule has 2 heterocycles. The number of halogens is 2. The lowest BCUT2D eigenvalue weighted by Crippen LogP contribution is -2.31. The summed E-state index contributed by atoms with van der Waals surface area (Å²) in [7, 11) is 1.49. The van der Waals surface area contributed by atoms with Gasteiger partial charge in [0.25, 0.3) is 5.56 Å². The number of carbonyl (C=O) groups excluding carboxylic acids is 1. The number of aromatic nitrogens is 2. The summed E-state index contributed by atoms with van der Waals surface area (Å²) in [4.78, 5) is 31.9. The molecule has 6 nitrogen and oxygen atoms in total. The summed E-state index contributed by atoms with van der Waals surface area (Å²) in [6.07, 6.45) is -0.205. The number of hydrogen-bond donors (Lipinski definition) is 2. The Hall–Kier alpha value is -3.29. The molecule has 0 aliphatic rings. The Bertz CT molecular complexity index is 1110. The fraction of sp³-hybridized carbons (Fsp3) is 0.250. The molecule has 8 heteroatoms. The molecule has 0 saturated heterocycles. The number of hydrogen-bond acceptors (Lipinski definition) is 4. The predicted octanol–water partition coefficient (Wildman–Crippen LogP) is 2.94. The van der Waals surface area contributed by atoms with Crippen molar-refractivity contribution in [3.63, 3.8) is 0 Å². The summed E-state index contributed by atoms with van der Waals surface area (Å²) in [5.41, 5.74) is 1.65. The zero-order chi connectivity index (χ0) is 20.4. The molecule has 1 amide bonds. The van der Waals surface area contributed by atoms with Gasteiger partial charge in [-0.3, -0.25) is 9.59 Å². The largest absolute Gasteiger partial charge is 0.481 e. The van der Waals surface area contributed by atoms with Crippen molar-refractivity contribution in [2.24, 2.45) is 0 Å². The number of methoxy groups -OCH3 is 1. The van der Waals surface area contributed by atoms with Crippen LogP contribution < -0.4 is 15.6 Å². The van der Waals surface area contributed by atoms with Crippen molar-refractivity contribution in [1.29, 1.82) is 0 Å². The number of benzene rings is 1. The van der Waals surface area contributed by atoms with Gasteiger partial charge in [0.2, 0.25) is 11.8 Å². The molecule has 28 heavy (non-hydrogen) atoms. The summed E-state index contributed by atoms with van der Waals surface area (Å²) in [6.45, 7) is 3.29. The molecule has 1 atom stereocenters. The highest BCUT2D eigenvalue weighted by atomic mass is 19.1. The van der Waals surface area contributed by atoms with Crippen LogP contribution in [0.2, 0.25) is 0 Å². The van der Waals surface area contributed by atoms with Crippen LogP contribution >= 0.6 is 0 Å². The van der Waals surface area contributed by atoms with Crippen molar-refractivity contribution in [2.45, 2.75) is 26.3 Å². The maximum absolute atomic E-state index is 13.9. The number of aromatic amines is 1. The third kappa shape index (κ3) is 3.85. The molecule has 3 aromatic rings. The van der Waals surface area contributed by atoms with E-state index in [1.165, 1.54) is 13.2 Å². The predicted molar refractivity (Wildman–Crippen MR) is 100 cm³/mol. The highest BCUT2D eigenvalue weighted by Gasteiger charge is 2.18. The molecule has 3 rings (SSSR count). The van der Waals surface area contributed by atoms with Gasteiger partial charge >= 0.3 is 0 Å². The van der Waals surface area contributed by atoms with E-state index in [0.717, 1.165) is 12.1 Å². The summed E-state index contributed by atoms with van der Waals surface area (Å²) >= 11 is 0. The van der Waals surface area contributed by atoms with Gasteiger partial charge in [-0.25, -0.2) is 13.8 Å². The number of H-pyrrole nitrogens is 1. The first-order chi connectivity index (χ1) is 13.3. The highest BCUT2D eigenvalue weighted by molar-refractivity contribution is 5.83. The van der Waals surface area contributed by atoms with E-state index in [1.54, 1.807) is 26.0 Å². The van der Waals surface area contributed by atoms with Crippen LogP contribution in [0.3, 0.4) is 0 Å². The lowest BCUT2D eigenvalue weighted by atomic mass is 10.0. The van der Waals surface area contributed by atoms with E-state index in [1.807, 2.05) is 0 Å². The summed E-state index contributed by atoms with van der Waals surface area (Å²) in [5, 5.41) is 2.63. The van der Waals surface area contributed by atoms with Gasteiger partial charge in [0.1, 0.15) is 11.6 Å². The van der Waals surface area contributed by atoms with Gasteiger partial charge in [-0.2, -0.15) is 0 Å². The molecule has 0 aliphatic heterocycles. The van der Waals surface area contributed by atoms with E-state index < -0.39 is 29.1 Å². The van der Waals surface area contributed by atoms with E-state index in [9.17, 15) is 18.4 Å². The van der Waals surface area contributed by atoms with Crippen LogP contribution in [0.1, 0.15) is 29.7 Å². The van der Waals surface area contributed by atoms with Gasteiger partial charge in [0.05, 0.1) is 30.6 Å². The van der Waals surface area contributed by atoms with Crippen LogP contribution in [-0.4, -0.2) is 23.0 Å². The smallest absolute Gasteiger partial charge is 0.252 e. The number of nitrogens with zero attached hydrogens (tertiary/aromatic N) is 1. The maximum Gasteiger partial charge on any atom is 0.252 e. The number of pyridine rings is 2. The molecule has 2 N–H and O–H groups in total. The lowest BCUT2D eigenvalue weighted by molar-refractivity contribution is -0.121. The average Bonchev–Trinajstić information content (AvgIpc) is 2.64. The minimum absolute atomic E-state index is 0.158. The molecule has 2 aromatic heterocycles. The number of fused-ring (bicyclic) bond motifs is 1. The topological polar surface area (TPSA) is 84.1 Å². The number of carbonyl (C=O) groups is 1. The maximum atomic E-state index is 13.9. The van der Waals surface area contributed by atoms with Gasteiger partial charge in [-0.15, -0.1) is 0 Å². The normalized spacial score (nSPS) is 12.0. The molecule has 146 valence electrons. The number of ether oxygens (including phenoxy) is 1. The number of nitrogens with one attached hydrogen (secondary N) is 2. The third-order valence-electron chi connectivity index (χ3n) is 4.55. The van der Waals surface area contributed by atoms with Crippen LogP contribution in [0.4, 0.5) is 8.78 Å². The molecule has 0 aliphatic carbocycles. The van der Waals surface area contributed by atoms with E-state index >= 15 is 0 Å². The highest BCUT2D eigenvalue weighted by Crippen LogP contribution is 2.20. The third-order valence-corrected chi connectivity index (χ3v) is 4.55. The quantitative estimate of drug-likeness (QED) is 0.705. The Morgan fingerprint density at radius 3 is 2.71 bits per heavy atom. The van der Waals surface area contributed by atoms with E-state index in [0.29, 0.717) is 22.5 Å². The zero-order valence-electron chi connectivity index (χ0n) is 15.6. The monoisotopic (exact) mass is 387 g/mol. The first kappa shape index (κ1) is 19.5. The van der Waals surface area contributed by atoms with Crippen molar-refractivity contribution >= 4 is 16.9 Å². The van der Waals surface area contributed by atoms with Crippen LogP contribution in [0.15, 0.2) is 35.1 Å². The summed E-state index contributed by atoms with van der Waals surface area (Å²) in [5.74, 6) is -1.52. The Morgan fingerprint density at radius 2 is 2.04 bits per heavy atom. The van der Waals surface area contributed by atoms with Crippen molar-refractivity contribution in [3.05, 3.63) is 69.0 Å². The lowest BCUT2D eigenvalue weighted by Gasteiger charge is -2.16. The van der Waals surface area contributed by atoms with Gasteiger partial charge in [0, 0.05) is 23.3 Å². The Labute approximate surface area is 159 Å². The molecular formula is C20H19F2N3O3. The Morgan fingerprint density at radius 1 is 1.29 bits per heavy atom. The Kier molecular flexibility index (Phi) is 5.39. The molecular weight excluding hydrogens is 368 g/mol. The van der Waals surface area contributed by atoms with Crippen LogP contribution in [0.5, 0.6) is 5.88 Å². The fourth-order valence-corrected chi connectivity index (χ4v) is 3.05. The number of amides is 1. The van der Waals surface area contributed by atoms with Crippen LogP contribution in [-0.2, 0) is 11.2 Å². The molecule has 0 bridgehead atoms. The van der Waals surface area contributed by atoms with E-state index in [-0.39, 0.29) is 17.5 Å². The number of aryl methyl sites for hydroxylation is 1. The van der Waals surface area contributed by atoms with Crippen molar-refractivity contribution in [1.82, 2.24) is 15.3 Å². The average molecular weight is 387 g/mol. The molecule has 1 aromatic carbocycles. The summed E-state index contributed by atoms with van der Waals surface area (Å²) in [6, 6.07) is 5.78. The van der Waals surface area contributed by atoms with Crippen LogP contribution in [0, 0.1) is 18.6 Å². The molecule has 0 spiro atoms. The van der Waals surface area contributed by atoms with E-state index in [4.69, 9.17) is 4.74 Å². The van der Waals surface area contributed by atoms with Crippen molar-refractivity contribution in [2.75, 3.05) is 7.11 Å². The molecule has 0 unspecified atom stereocenters. The number of rotatable bonds is 5. The van der Waals surface area contributed by atoms with Gasteiger partial charge in [0.15, 0.2) is 0 Å². The fourth-order valence-electron chi connectivity index (χ4n) is 3.05. The molecule has 0 radical (unpaired) electrons. The minimum Gasteiger partial charge on any atom is -0.481 e. The van der Waals surface area contributed by atoms with Crippen molar-refractivity contribution in [3.8, 4) is 5.88 Å². The SMILES string of the molecule is COc1ccc2[nH]c(=O)c(CC(=O)N[C@@H](C)c3ccc(F)cc3F)c(C)c2n1. The second-order valence-corrected chi connectivity index (χ2v) is 6.44. The van der Waals surface area contributed by atoms with Crippen LogP contribution in [0.25, 0.3) is 11.0 Å². The van der Waals surface area contributed by atoms with Crippen molar-refractivity contribution < 1.29 is 18.3 Å². The standard InChI is InChI=1S/C20H19F2N3O3/c1-10-14(20(27)24-16-6-7-18(28-3)25-19(10)16)9-17(26)23-11(2)13-5-4-12(21)8-15(13)22/h4-8,11H,9H2,1-3H3,(H,23,26)(H,24,27)/t11-/m0/s1. The van der Waals surface area contributed by atoms with Gasteiger partial charge < -0.3 is 15.0 Å². The first-order valence-electron chi connectivity index (χ1n) is 8.61. The molecule has 0 saturated carbocycles.